The van der Waals surface area contributed by atoms with E-state index in [2.05, 4.69) is 5.32 Å². The molecule has 0 bridgehead atoms. The van der Waals surface area contributed by atoms with Gasteiger partial charge in [-0.15, -0.1) is 0 Å². The predicted octanol–water partition coefficient (Wildman–Crippen LogP) is 1.75. The highest BCUT2D eigenvalue weighted by Gasteiger charge is 2.38. The normalized spacial score (nSPS) is 19.7. The Morgan fingerprint density at radius 2 is 2.15 bits per heavy atom. The van der Waals surface area contributed by atoms with E-state index < -0.39 is 16.1 Å². The van der Waals surface area contributed by atoms with Crippen LogP contribution in [-0.2, 0) is 14.8 Å². The summed E-state index contributed by atoms with van der Waals surface area (Å²) in [7, 11) is 0.308. The molecular formula is C18H28FN3O3S. The maximum absolute atomic E-state index is 13.5. The molecule has 0 radical (unpaired) electrons. The topological polar surface area (TPSA) is 69.7 Å². The maximum Gasteiger partial charge on any atom is 0.238 e. The lowest BCUT2D eigenvalue weighted by Crippen LogP contribution is -2.48. The zero-order chi connectivity index (χ0) is 19.3. The van der Waals surface area contributed by atoms with Gasteiger partial charge in [0, 0.05) is 13.1 Å². The average Bonchev–Trinajstić information content (AvgIpc) is 3.05. The second-order valence-corrected chi connectivity index (χ2v) is 8.91. The van der Waals surface area contributed by atoms with Gasteiger partial charge >= 0.3 is 0 Å². The Morgan fingerprint density at radius 1 is 1.42 bits per heavy atom. The first-order valence-corrected chi connectivity index (χ1v) is 10.6. The number of hydrogen-bond donors (Lipinski definition) is 1. The van der Waals surface area contributed by atoms with Crippen molar-refractivity contribution in [2.45, 2.75) is 38.3 Å². The molecule has 0 aromatic heterocycles. The van der Waals surface area contributed by atoms with Gasteiger partial charge in [-0.05, 0) is 51.1 Å². The summed E-state index contributed by atoms with van der Waals surface area (Å²) in [4.78, 5) is 14.5. The summed E-state index contributed by atoms with van der Waals surface area (Å²) in [6.07, 6.45) is 1.73. The molecule has 1 aromatic rings. The first-order valence-electron chi connectivity index (χ1n) is 8.95. The summed E-state index contributed by atoms with van der Waals surface area (Å²) in [5.41, 5.74) is 0.761. The second kappa shape index (κ2) is 8.92. The lowest BCUT2D eigenvalue weighted by molar-refractivity contribution is -0.124. The largest absolute Gasteiger partial charge is 0.353 e. The van der Waals surface area contributed by atoms with Gasteiger partial charge in [0.1, 0.15) is 11.9 Å². The third-order valence-electron chi connectivity index (χ3n) is 4.65. The van der Waals surface area contributed by atoms with Crippen molar-refractivity contribution < 1.29 is 17.6 Å². The highest BCUT2D eigenvalue weighted by molar-refractivity contribution is 7.89. The zero-order valence-electron chi connectivity index (χ0n) is 15.6. The van der Waals surface area contributed by atoms with E-state index in [0.717, 1.165) is 5.56 Å². The zero-order valence-corrected chi connectivity index (χ0v) is 16.4. The van der Waals surface area contributed by atoms with Crippen molar-refractivity contribution in [3.8, 4) is 0 Å². The van der Waals surface area contributed by atoms with Crippen molar-refractivity contribution in [2.24, 2.45) is 0 Å². The molecule has 8 heteroatoms. The van der Waals surface area contributed by atoms with E-state index in [-0.39, 0.29) is 30.1 Å². The quantitative estimate of drug-likeness (QED) is 0.740. The molecule has 0 saturated carbocycles. The number of rotatable bonds is 8. The number of carbonyl (C=O) groups is 1. The van der Waals surface area contributed by atoms with Gasteiger partial charge in [-0.1, -0.05) is 19.1 Å². The van der Waals surface area contributed by atoms with Gasteiger partial charge in [0.25, 0.3) is 0 Å². The molecule has 1 aliphatic rings. The molecule has 1 aromatic carbocycles. The van der Waals surface area contributed by atoms with Gasteiger partial charge in [0.2, 0.25) is 15.9 Å². The third-order valence-corrected chi connectivity index (χ3v) is 6.73. The molecule has 2 rings (SSSR count). The standard InChI is InChI=1S/C18H28FN3O3S/c1-4-11-26(24,25)22-10-6-9-16(22)18(23)20-13-17(21(2)3)14-7-5-8-15(19)12-14/h5,7-8,12,16-17H,4,6,9-11,13H2,1-3H3,(H,20,23). The monoisotopic (exact) mass is 385 g/mol. The fourth-order valence-corrected chi connectivity index (χ4v) is 5.08. The van der Waals surface area contributed by atoms with Gasteiger partial charge < -0.3 is 10.2 Å². The Labute approximate surface area is 155 Å². The molecule has 1 fully saturated rings. The summed E-state index contributed by atoms with van der Waals surface area (Å²) in [5, 5.41) is 2.86. The Bertz CT molecular complexity index is 724. The van der Waals surface area contributed by atoms with E-state index in [1.54, 1.807) is 6.07 Å². The molecule has 1 heterocycles. The van der Waals surface area contributed by atoms with E-state index in [1.807, 2.05) is 32.0 Å². The lowest BCUT2D eigenvalue weighted by Gasteiger charge is -2.27. The highest BCUT2D eigenvalue weighted by atomic mass is 32.2. The smallest absolute Gasteiger partial charge is 0.238 e. The van der Waals surface area contributed by atoms with Crippen LogP contribution in [0.25, 0.3) is 0 Å². The van der Waals surface area contributed by atoms with Crippen LogP contribution in [0.1, 0.15) is 37.8 Å². The molecule has 0 aliphatic carbocycles. The fourth-order valence-electron chi connectivity index (χ4n) is 3.34. The first-order chi connectivity index (χ1) is 12.3. The Morgan fingerprint density at radius 3 is 2.77 bits per heavy atom. The van der Waals surface area contributed by atoms with Crippen molar-refractivity contribution in [3.05, 3.63) is 35.6 Å². The molecule has 146 valence electrons. The molecular weight excluding hydrogens is 357 g/mol. The summed E-state index contributed by atoms with van der Waals surface area (Å²) >= 11 is 0. The van der Waals surface area contributed by atoms with Crippen molar-refractivity contribution in [1.29, 1.82) is 0 Å². The van der Waals surface area contributed by atoms with E-state index in [1.165, 1.54) is 16.4 Å². The SMILES string of the molecule is CCCS(=O)(=O)N1CCCC1C(=O)NCC(c1cccc(F)c1)N(C)C. The van der Waals surface area contributed by atoms with Gasteiger partial charge in [-0.25, -0.2) is 12.8 Å². The Kier molecular flexibility index (Phi) is 7.14. The van der Waals surface area contributed by atoms with Gasteiger partial charge in [-0.2, -0.15) is 4.31 Å². The molecule has 0 spiro atoms. The van der Waals surface area contributed by atoms with E-state index in [0.29, 0.717) is 25.8 Å². The molecule has 6 nitrogen and oxygen atoms in total. The number of halogens is 1. The van der Waals surface area contributed by atoms with Gasteiger partial charge in [0.15, 0.2) is 0 Å². The first kappa shape index (κ1) is 20.8. The molecule has 2 atom stereocenters. The van der Waals surface area contributed by atoms with Crippen LogP contribution in [0.2, 0.25) is 0 Å². The van der Waals surface area contributed by atoms with E-state index in [4.69, 9.17) is 0 Å². The van der Waals surface area contributed by atoms with Crippen LogP contribution in [0.4, 0.5) is 4.39 Å². The number of hydrogen-bond acceptors (Lipinski definition) is 4. The summed E-state index contributed by atoms with van der Waals surface area (Å²) in [5.74, 6) is -0.556. The average molecular weight is 386 g/mol. The van der Waals surface area contributed by atoms with Crippen LogP contribution in [0.15, 0.2) is 24.3 Å². The second-order valence-electron chi connectivity index (χ2n) is 6.86. The van der Waals surface area contributed by atoms with Crippen molar-refractivity contribution >= 4 is 15.9 Å². The minimum atomic E-state index is -3.40. The molecule has 1 N–H and O–H groups in total. The Hall–Kier alpha value is -1.51. The van der Waals surface area contributed by atoms with Gasteiger partial charge in [-0.3, -0.25) is 4.79 Å². The maximum atomic E-state index is 13.5. The Balaban J connectivity index is 2.06. The van der Waals surface area contributed by atoms with Crippen LogP contribution < -0.4 is 5.32 Å². The number of sulfonamides is 1. The predicted molar refractivity (Wildman–Crippen MR) is 99.6 cm³/mol. The number of nitrogens with zero attached hydrogens (tertiary/aromatic N) is 2. The molecule has 26 heavy (non-hydrogen) atoms. The molecule has 1 amide bonds. The summed E-state index contributed by atoms with van der Waals surface area (Å²) < 4.78 is 39.5. The summed E-state index contributed by atoms with van der Waals surface area (Å²) in [6.45, 7) is 2.48. The highest BCUT2D eigenvalue weighted by Crippen LogP contribution is 2.23. The van der Waals surface area contributed by atoms with Gasteiger partial charge in [0.05, 0.1) is 11.8 Å². The number of benzene rings is 1. The van der Waals surface area contributed by atoms with Crippen molar-refractivity contribution in [1.82, 2.24) is 14.5 Å². The van der Waals surface area contributed by atoms with Crippen molar-refractivity contribution in [3.63, 3.8) is 0 Å². The number of amides is 1. The third kappa shape index (κ3) is 5.02. The summed E-state index contributed by atoms with van der Waals surface area (Å²) in [6, 6.07) is 5.43. The van der Waals surface area contributed by atoms with Crippen molar-refractivity contribution in [2.75, 3.05) is 32.9 Å². The fraction of sp³-hybridized carbons (Fsp3) is 0.611. The number of likely N-dealkylation sites (N-methyl/N-ethyl adjacent to an activating group) is 1. The molecule has 2 unspecified atom stereocenters. The molecule has 1 saturated heterocycles. The van der Waals surface area contributed by atoms with E-state index in [9.17, 15) is 17.6 Å². The van der Waals surface area contributed by atoms with Crippen LogP contribution in [0.5, 0.6) is 0 Å². The van der Waals surface area contributed by atoms with Crippen LogP contribution >= 0.6 is 0 Å². The van der Waals surface area contributed by atoms with E-state index >= 15 is 0 Å². The minimum Gasteiger partial charge on any atom is -0.353 e. The van der Waals surface area contributed by atoms with Crippen LogP contribution in [0.3, 0.4) is 0 Å². The minimum absolute atomic E-state index is 0.0559. The van der Waals surface area contributed by atoms with Crippen LogP contribution in [-0.4, -0.2) is 62.5 Å². The molecule has 1 aliphatic heterocycles. The van der Waals surface area contributed by atoms with Crippen LogP contribution in [0, 0.1) is 5.82 Å². The number of nitrogens with one attached hydrogen (secondary N) is 1. The number of carbonyl (C=O) groups excluding carboxylic acids is 1. The lowest BCUT2D eigenvalue weighted by atomic mass is 10.1.